The van der Waals surface area contributed by atoms with Crippen LogP contribution < -0.4 is 14.9 Å². The highest BCUT2D eigenvalue weighted by atomic mass is 16.5. The van der Waals surface area contributed by atoms with E-state index in [-0.39, 0.29) is 5.43 Å². The Kier molecular flexibility index (Phi) is 5.31. The molecule has 0 aliphatic rings. The summed E-state index contributed by atoms with van der Waals surface area (Å²) in [6.07, 6.45) is 1.56. The summed E-state index contributed by atoms with van der Waals surface area (Å²) in [7, 11) is 1.60. The molecule has 0 fully saturated rings. The van der Waals surface area contributed by atoms with Crippen LogP contribution in [0.5, 0.6) is 11.5 Å². The third kappa shape index (κ3) is 3.72. The summed E-state index contributed by atoms with van der Waals surface area (Å²) in [4.78, 5) is 24.6. The van der Waals surface area contributed by atoms with Gasteiger partial charge in [0, 0.05) is 13.0 Å². The number of methoxy groups -OCH3 is 1. The van der Waals surface area contributed by atoms with Gasteiger partial charge in [-0.2, -0.15) is 0 Å². The van der Waals surface area contributed by atoms with E-state index < -0.39 is 5.97 Å². The maximum absolute atomic E-state index is 13.2. The SMILES string of the molecule is CCCc1cc2c(=O)c(-c3ccc(OC)cc3)c(C)oc2cc1OC(C)=O. The Morgan fingerprint density at radius 2 is 1.85 bits per heavy atom. The van der Waals surface area contributed by atoms with E-state index in [1.165, 1.54) is 6.92 Å². The Bertz CT molecular complexity index is 1040. The lowest BCUT2D eigenvalue weighted by molar-refractivity contribution is -0.131. The van der Waals surface area contributed by atoms with Gasteiger partial charge in [0.1, 0.15) is 22.8 Å². The first kappa shape index (κ1) is 18.7. The van der Waals surface area contributed by atoms with E-state index >= 15 is 0 Å². The molecule has 27 heavy (non-hydrogen) atoms. The monoisotopic (exact) mass is 366 g/mol. The minimum atomic E-state index is -0.402. The van der Waals surface area contributed by atoms with E-state index in [4.69, 9.17) is 13.9 Å². The molecule has 0 spiro atoms. The van der Waals surface area contributed by atoms with E-state index in [9.17, 15) is 9.59 Å². The van der Waals surface area contributed by atoms with Gasteiger partial charge in [0.05, 0.1) is 18.1 Å². The quantitative estimate of drug-likeness (QED) is 0.485. The Hall–Kier alpha value is -3.08. The molecule has 3 rings (SSSR count). The van der Waals surface area contributed by atoms with E-state index in [0.717, 1.165) is 23.3 Å². The number of ether oxygens (including phenoxy) is 2. The summed E-state index contributed by atoms with van der Waals surface area (Å²) in [5.41, 5.74) is 2.41. The zero-order valence-corrected chi connectivity index (χ0v) is 15.9. The molecule has 0 bridgehead atoms. The van der Waals surface area contributed by atoms with E-state index in [1.807, 2.05) is 31.2 Å². The molecule has 3 aromatic rings. The molecule has 1 aromatic heterocycles. The van der Waals surface area contributed by atoms with Crippen molar-refractivity contribution in [2.24, 2.45) is 0 Å². The predicted octanol–water partition coefficient (Wildman–Crippen LogP) is 4.65. The number of aryl methyl sites for hydroxylation is 2. The molecule has 5 heteroatoms. The fourth-order valence-corrected chi connectivity index (χ4v) is 3.19. The standard InChI is InChI=1S/C22H22O5/c1-5-6-16-11-18-20(12-19(16)27-14(3)23)26-13(2)21(22(18)24)15-7-9-17(25-4)10-8-15/h7-12H,5-6H2,1-4H3. The van der Waals surface area contributed by atoms with Crippen molar-refractivity contribution >= 4 is 16.9 Å². The number of esters is 1. The van der Waals surface area contributed by atoms with Crippen LogP contribution in [0, 0.1) is 6.92 Å². The lowest BCUT2D eigenvalue weighted by atomic mass is 10.00. The number of benzene rings is 2. The van der Waals surface area contributed by atoms with E-state index in [2.05, 4.69) is 0 Å². The van der Waals surface area contributed by atoms with Gasteiger partial charge in [0.2, 0.25) is 5.43 Å². The Balaban J connectivity index is 2.22. The predicted molar refractivity (Wildman–Crippen MR) is 105 cm³/mol. The molecule has 0 amide bonds. The molecule has 0 saturated carbocycles. The van der Waals surface area contributed by atoms with Crippen molar-refractivity contribution in [3.05, 3.63) is 57.9 Å². The second-order valence-corrected chi connectivity index (χ2v) is 6.39. The molecule has 2 aromatic carbocycles. The first-order chi connectivity index (χ1) is 12.9. The zero-order chi connectivity index (χ0) is 19.6. The van der Waals surface area contributed by atoms with Crippen molar-refractivity contribution in [2.75, 3.05) is 7.11 Å². The second kappa shape index (κ2) is 7.66. The summed E-state index contributed by atoms with van der Waals surface area (Å²) in [5.74, 6) is 1.27. The first-order valence-corrected chi connectivity index (χ1v) is 8.87. The summed E-state index contributed by atoms with van der Waals surface area (Å²) in [5, 5.41) is 0.478. The van der Waals surface area contributed by atoms with Crippen molar-refractivity contribution in [2.45, 2.75) is 33.6 Å². The van der Waals surface area contributed by atoms with Crippen molar-refractivity contribution in [1.82, 2.24) is 0 Å². The Labute approximate surface area is 157 Å². The highest BCUT2D eigenvalue weighted by Crippen LogP contribution is 2.30. The molecule has 1 heterocycles. The van der Waals surface area contributed by atoms with Crippen molar-refractivity contribution in [1.29, 1.82) is 0 Å². The number of hydrogen-bond acceptors (Lipinski definition) is 5. The smallest absolute Gasteiger partial charge is 0.308 e. The fourth-order valence-electron chi connectivity index (χ4n) is 3.19. The molecule has 0 atom stereocenters. The fraction of sp³-hybridized carbons (Fsp3) is 0.273. The number of carbonyl (C=O) groups excluding carboxylic acids is 1. The van der Waals surface area contributed by atoms with Crippen molar-refractivity contribution in [3.63, 3.8) is 0 Å². The van der Waals surface area contributed by atoms with E-state index in [0.29, 0.717) is 34.5 Å². The third-order valence-corrected chi connectivity index (χ3v) is 4.40. The lowest BCUT2D eigenvalue weighted by Crippen LogP contribution is -2.10. The van der Waals surface area contributed by atoms with Gasteiger partial charge >= 0.3 is 5.97 Å². The molecule has 5 nitrogen and oxygen atoms in total. The number of hydrogen-bond donors (Lipinski definition) is 0. The second-order valence-electron chi connectivity index (χ2n) is 6.39. The molecule has 0 unspecified atom stereocenters. The van der Waals surface area contributed by atoms with Gasteiger partial charge in [-0.1, -0.05) is 25.5 Å². The van der Waals surface area contributed by atoms with Gasteiger partial charge in [-0.3, -0.25) is 9.59 Å². The highest BCUT2D eigenvalue weighted by molar-refractivity contribution is 5.85. The Morgan fingerprint density at radius 1 is 1.15 bits per heavy atom. The molecule has 0 N–H and O–H groups in total. The normalized spacial score (nSPS) is 10.8. The van der Waals surface area contributed by atoms with Crippen LogP contribution in [0.2, 0.25) is 0 Å². The minimum absolute atomic E-state index is 0.106. The molecular weight excluding hydrogens is 344 g/mol. The van der Waals surface area contributed by atoms with Gasteiger partial charge in [-0.05, 0) is 42.7 Å². The van der Waals surface area contributed by atoms with Gasteiger partial charge in [0.25, 0.3) is 0 Å². The summed E-state index contributed by atoms with van der Waals surface area (Å²) in [6, 6.07) is 10.7. The molecule has 0 saturated heterocycles. The van der Waals surface area contributed by atoms with Crippen LogP contribution in [-0.4, -0.2) is 13.1 Å². The maximum Gasteiger partial charge on any atom is 0.308 e. The number of rotatable bonds is 5. The van der Waals surface area contributed by atoms with Gasteiger partial charge < -0.3 is 13.9 Å². The minimum Gasteiger partial charge on any atom is -0.497 e. The average Bonchev–Trinajstić information content (AvgIpc) is 2.63. The van der Waals surface area contributed by atoms with Crippen LogP contribution in [0.25, 0.3) is 22.1 Å². The van der Waals surface area contributed by atoms with E-state index in [1.54, 1.807) is 26.2 Å². The van der Waals surface area contributed by atoms with Crippen LogP contribution in [0.4, 0.5) is 0 Å². The van der Waals surface area contributed by atoms with Crippen LogP contribution in [0.1, 0.15) is 31.6 Å². The van der Waals surface area contributed by atoms with Gasteiger partial charge in [0.15, 0.2) is 0 Å². The third-order valence-electron chi connectivity index (χ3n) is 4.40. The van der Waals surface area contributed by atoms with Gasteiger partial charge in [-0.25, -0.2) is 0 Å². The van der Waals surface area contributed by atoms with Crippen LogP contribution in [-0.2, 0) is 11.2 Å². The molecule has 0 aliphatic heterocycles. The molecule has 0 radical (unpaired) electrons. The first-order valence-electron chi connectivity index (χ1n) is 8.87. The summed E-state index contributed by atoms with van der Waals surface area (Å²) in [6.45, 7) is 5.14. The van der Waals surface area contributed by atoms with Crippen LogP contribution in [0.15, 0.2) is 45.6 Å². The Morgan fingerprint density at radius 3 is 2.44 bits per heavy atom. The van der Waals surface area contributed by atoms with Crippen LogP contribution >= 0.6 is 0 Å². The van der Waals surface area contributed by atoms with Gasteiger partial charge in [-0.15, -0.1) is 0 Å². The summed E-state index contributed by atoms with van der Waals surface area (Å²) >= 11 is 0. The number of fused-ring (bicyclic) bond motifs is 1. The lowest BCUT2D eigenvalue weighted by Gasteiger charge is -2.12. The number of carbonyl (C=O) groups is 1. The topological polar surface area (TPSA) is 65.7 Å². The molecular formula is C22H22O5. The van der Waals surface area contributed by atoms with Crippen LogP contribution in [0.3, 0.4) is 0 Å². The highest BCUT2D eigenvalue weighted by Gasteiger charge is 2.17. The average molecular weight is 366 g/mol. The zero-order valence-electron chi connectivity index (χ0n) is 15.9. The summed E-state index contributed by atoms with van der Waals surface area (Å²) < 4.78 is 16.4. The maximum atomic E-state index is 13.2. The van der Waals surface area contributed by atoms with Crippen molar-refractivity contribution in [3.8, 4) is 22.6 Å². The molecule has 140 valence electrons. The van der Waals surface area contributed by atoms with Crippen molar-refractivity contribution < 1.29 is 18.7 Å². The largest absolute Gasteiger partial charge is 0.497 e. The molecule has 0 aliphatic carbocycles.